The number of nitrogens with one attached hydrogen (secondary N) is 1. The van der Waals surface area contributed by atoms with E-state index in [-0.39, 0.29) is 12.4 Å². The number of terminal acetylenes is 1. The Hall–Kier alpha value is -0.630. The minimum absolute atomic E-state index is 0. The Bertz CT molecular complexity index is 257. The lowest BCUT2D eigenvalue weighted by atomic mass is 10.2. The van der Waals surface area contributed by atoms with Crippen LogP contribution in [0.15, 0.2) is 0 Å². The van der Waals surface area contributed by atoms with E-state index in [0.717, 1.165) is 32.2 Å². The molecule has 0 radical (unpaired) electrons. The highest BCUT2D eigenvalue weighted by molar-refractivity contribution is 4.98. The number of hydrogen-bond acceptors (Lipinski definition) is 0. The molecule has 98 valence electrons. The second kappa shape index (κ2) is 11.8. The van der Waals surface area contributed by atoms with Gasteiger partial charge in [-0.1, -0.05) is 5.92 Å². The van der Waals surface area contributed by atoms with Crippen molar-refractivity contribution in [3.05, 3.63) is 0 Å². The Kier molecular flexibility index (Phi) is 13.0. The van der Waals surface area contributed by atoms with E-state index < -0.39 is 0 Å². The summed E-state index contributed by atoms with van der Waals surface area (Å²) in [6.07, 6.45) is 9.31. The van der Waals surface area contributed by atoms with Gasteiger partial charge in [-0.05, 0) is 46.5 Å². The third-order valence-electron chi connectivity index (χ3n) is 2.77. The first kappa shape index (κ1) is 18.7. The van der Waals surface area contributed by atoms with Crippen molar-refractivity contribution in [3.63, 3.8) is 0 Å². The van der Waals surface area contributed by atoms with Gasteiger partial charge in [0.25, 0.3) is 0 Å². The fourth-order valence-corrected chi connectivity index (χ4v) is 1.77. The predicted octanol–water partition coefficient (Wildman–Crippen LogP) is -1.11. The number of halogens is 1. The molecule has 0 heterocycles. The van der Waals surface area contributed by atoms with E-state index in [1.165, 1.54) is 0 Å². The van der Waals surface area contributed by atoms with Gasteiger partial charge in [-0.15, -0.1) is 12.3 Å². The summed E-state index contributed by atoms with van der Waals surface area (Å²) < 4.78 is 0. The first-order chi connectivity index (χ1) is 7.59. The van der Waals surface area contributed by atoms with E-state index in [1.807, 2.05) is 0 Å². The molecule has 0 bridgehead atoms. The predicted molar refractivity (Wildman–Crippen MR) is 71.2 cm³/mol. The highest BCUT2D eigenvalue weighted by Gasteiger charge is 2.14. The van der Waals surface area contributed by atoms with Gasteiger partial charge in [-0.3, -0.25) is 0 Å². The molecular formula is C15H26ClN. The molecule has 0 unspecified atom stereocenters. The number of hydrogen-bond donors (Lipinski definition) is 1. The van der Waals surface area contributed by atoms with E-state index in [2.05, 4.69) is 45.5 Å². The zero-order chi connectivity index (χ0) is 12.4. The normalized spacial score (nSPS) is 9.76. The zero-order valence-corrected chi connectivity index (χ0v) is 12.4. The van der Waals surface area contributed by atoms with Gasteiger partial charge in [0.15, 0.2) is 0 Å². The van der Waals surface area contributed by atoms with Crippen LogP contribution in [0.1, 0.15) is 53.4 Å². The van der Waals surface area contributed by atoms with Crippen molar-refractivity contribution < 1.29 is 17.3 Å². The molecule has 1 nitrogen and oxygen atoms in total. The molecule has 0 saturated carbocycles. The van der Waals surface area contributed by atoms with Crippen LogP contribution in [0.4, 0.5) is 0 Å². The van der Waals surface area contributed by atoms with Gasteiger partial charge < -0.3 is 17.3 Å². The lowest BCUT2D eigenvalue weighted by molar-refractivity contribution is -0.935. The molecule has 0 aromatic carbocycles. The van der Waals surface area contributed by atoms with Gasteiger partial charge in [-0.25, -0.2) is 0 Å². The molecule has 17 heavy (non-hydrogen) atoms. The molecular weight excluding hydrogens is 230 g/mol. The SMILES string of the molecule is C#CCCCCC#CC[NH+](C(C)C)C(C)C.[Cl-]. The van der Waals surface area contributed by atoms with Gasteiger partial charge in [0.1, 0.15) is 6.54 Å². The number of unbranched alkanes of at least 4 members (excludes halogenated alkanes) is 3. The molecule has 0 spiro atoms. The van der Waals surface area contributed by atoms with Crippen molar-refractivity contribution in [2.24, 2.45) is 0 Å². The quantitative estimate of drug-likeness (QED) is 0.454. The average molecular weight is 256 g/mol. The van der Waals surface area contributed by atoms with Crippen LogP contribution in [-0.2, 0) is 0 Å². The first-order valence-electron chi connectivity index (χ1n) is 6.34. The van der Waals surface area contributed by atoms with Crippen molar-refractivity contribution in [1.82, 2.24) is 0 Å². The molecule has 0 aromatic heterocycles. The Labute approximate surface area is 114 Å². The molecule has 0 fully saturated rings. The van der Waals surface area contributed by atoms with Gasteiger partial charge in [-0.2, -0.15) is 0 Å². The van der Waals surface area contributed by atoms with Crippen LogP contribution in [0.25, 0.3) is 0 Å². The second-order valence-electron chi connectivity index (χ2n) is 4.83. The summed E-state index contributed by atoms with van der Waals surface area (Å²) in [5.74, 6) is 9.19. The van der Waals surface area contributed by atoms with Crippen molar-refractivity contribution >= 4 is 0 Å². The Morgan fingerprint density at radius 2 is 1.47 bits per heavy atom. The standard InChI is InChI=1S/C15H25N.ClH/c1-6-7-8-9-10-11-12-13-16(14(2)3)15(4)5;/h1,14-15H,7-10,13H2,2-5H3;1H. The minimum atomic E-state index is 0. The second-order valence-corrected chi connectivity index (χ2v) is 4.83. The van der Waals surface area contributed by atoms with Crippen LogP contribution in [0.2, 0.25) is 0 Å². The summed E-state index contributed by atoms with van der Waals surface area (Å²) in [5.41, 5.74) is 0. The molecule has 0 saturated heterocycles. The van der Waals surface area contributed by atoms with Crippen LogP contribution in [-0.4, -0.2) is 18.6 Å². The van der Waals surface area contributed by atoms with Gasteiger partial charge in [0.2, 0.25) is 0 Å². The summed E-state index contributed by atoms with van der Waals surface area (Å²) in [4.78, 5) is 1.57. The fourth-order valence-electron chi connectivity index (χ4n) is 1.77. The lowest BCUT2D eigenvalue weighted by Crippen LogP contribution is -3.17. The van der Waals surface area contributed by atoms with Crippen molar-refractivity contribution in [1.29, 1.82) is 0 Å². The Morgan fingerprint density at radius 3 is 1.94 bits per heavy atom. The molecule has 0 aliphatic heterocycles. The van der Waals surface area contributed by atoms with E-state index in [0.29, 0.717) is 12.1 Å². The maximum absolute atomic E-state index is 5.19. The molecule has 0 atom stereocenters. The monoisotopic (exact) mass is 255 g/mol. The molecule has 1 N–H and O–H groups in total. The lowest BCUT2D eigenvalue weighted by Gasteiger charge is -2.25. The van der Waals surface area contributed by atoms with E-state index in [9.17, 15) is 0 Å². The van der Waals surface area contributed by atoms with Gasteiger partial charge >= 0.3 is 0 Å². The molecule has 0 aliphatic rings. The molecule has 0 amide bonds. The van der Waals surface area contributed by atoms with Crippen LogP contribution in [0.5, 0.6) is 0 Å². The summed E-state index contributed by atoms with van der Waals surface area (Å²) in [7, 11) is 0. The van der Waals surface area contributed by atoms with Gasteiger partial charge in [0, 0.05) is 12.8 Å². The van der Waals surface area contributed by atoms with E-state index in [1.54, 1.807) is 4.90 Å². The summed E-state index contributed by atoms with van der Waals surface area (Å²) in [6, 6.07) is 1.30. The minimum Gasteiger partial charge on any atom is -1.00 e. The van der Waals surface area contributed by atoms with E-state index in [4.69, 9.17) is 6.42 Å². The van der Waals surface area contributed by atoms with Crippen molar-refractivity contribution in [3.8, 4) is 24.2 Å². The third kappa shape index (κ3) is 10.3. The molecule has 0 aliphatic carbocycles. The number of quaternary nitrogens is 1. The topological polar surface area (TPSA) is 4.44 Å². The average Bonchev–Trinajstić information content (AvgIpc) is 2.21. The Balaban J connectivity index is 0. The first-order valence-corrected chi connectivity index (χ1v) is 6.34. The largest absolute Gasteiger partial charge is 1.00 e. The van der Waals surface area contributed by atoms with Crippen LogP contribution in [0.3, 0.4) is 0 Å². The zero-order valence-electron chi connectivity index (χ0n) is 11.6. The van der Waals surface area contributed by atoms with Gasteiger partial charge in [0.05, 0.1) is 12.1 Å². The highest BCUT2D eigenvalue weighted by Crippen LogP contribution is 1.96. The smallest absolute Gasteiger partial charge is 0.139 e. The van der Waals surface area contributed by atoms with Crippen molar-refractivity contribution in [2.75, 3.05) is 6.54 Å². The third-order valence-corrected chi connectivity index (χ3v) is 2.77. The fraction of sp³-hybridized carbons (Fsp3) is 0.733. The maximum atomic E-state index is 5.19. The highest BCUT2D eigenvalue weighted by atomic mass is 35.5. The molecule has 0 aromatic rings. The van der Waals surface area contributed by atoms with Crippen molar-refractivity contribution in [2.45, 2.75) is 65.5 Å². The number of rotatable bonds is 6. The molecule has 2 heteroatoms. The maximum Gasteiger partial charge on any atom is 0.139 e. The summed E-state index contributed by atoms with van der Waals surface area (Å²) >= 11 is 0. The Morgan fingerprint density at radius 1 is 0.941 bits per heavy atom. The van der Waals surface area contributed by atoms with E-state index >= 15 is 0 Å². The van der Waals surface area contributed by atoms with Crippen LogP contribution in [0, 0.1) is 24.2 Å². The molecule has 0 rings (SSSR count). The van der Waals surface area contributed by atoms with Crippen LogP contribution >= 0.6 is 0 Å². The summed E-state index contributed by atoms with van der Waals surface area (Å²) in [6.45, 7) is 9.98. The summed E-state index contributed by atoms with van der Waals surface area (Å²) in [5, 5.41) is 0. The van der Waals surface area contributed by atoms with Crippen LogP contribution < -0.4 is 17.3 Å².